The van der Waals surface area contributed by atoms with Gasteiger partial charge in [0.1, 0.15) is 13.6 Å². The molecule has 5 atom stereocenters. The van der Waals surface area contributed by atoms with Crippen LogP contribution in [-0.2, 0) is 23.4 Å². The average Bonchev–Trinajstić information content (AvgIpc) is 2.77. The molecule has 28 heavy (non-hydrogen) atoms. The molecule has 0 bridgehead atoms. The van der Waals surface area contributed by atoms with E-state index >= 15 is 0 Å². The van der Waals surface area contributed by atoms with Crippen molar-refractivity contribution in [3.63, 3.8) is 0 Å². The first-order valence-electron chi connectivity index (χ1n) is 10.0. The number of amides is 1. The highest BCUT2D eigenvalue weighted by atomic mass is 31.2. The summed E-state index contributed by atoms with van der Waals surface area (Å²) in [4.78, 5) is 25.8. The summed E-state index contributed by atoms with van der Waals surface area (Å²) in [6, 6.07) is 0. The van der Waals surface area contributed by atoms with Gasteiger partial charge in [0, 0.05) is 14.1 Å². The quantitative estimate of drug-likeness (QED) is 0.363. The van der Waals surface area contributed by atoms with Crippen LogP contribution in [0.3, 0.4) is 0 Å². The first-order valence-corrected chi connectivity index (χ1v) is 15.2. The van der Waals surface area contributed by atoms with Gasteiger partial charge in [-0.15, -0.1) is 0 Å². The lowest BCUT2D eigenvalue weighted by molar-refractivity contribution is -0.235. The van der Waals surface area contributed by atoms with Gasteiger partial charge in [-0.1, -0.05) is 12.2 Å². The Kier molecular flexibility index (Phi) is 6.29. The van der Waals surface area contributed by atoms with Crippen LogP contribution in [0.25, 0.3) is 0 Å². The van der Waals surface area contributed by atoms with Gasteiger partial charge in [0.15, 0.2) is 5.60 Å². The van der Waals surface area contributed by atoms with Gasteiger partial charge < -0.3 is 14.6 Å². The van der Waals surface area contributed by atoms with Crippen LogP contribution in [-0.4, -0.2) is 69.1 Å². The summed E-state index contributed by atoms with van der Waals surface area (Å²) in [6.45, 7) is 12.7. The van der Waals surface area contributed by atoms with E-state index in [4.69, 9.17) is 13.8 Å². The van der Waals surface area contributed by atoms with Gasteiger partial charge in [-0.2, -0.15) is 0 Å². The Bertz CT molecular complexity index is 661. The van der Waals surface area contributed by atoms with Crippen LogP contribution in [0.1, 0.15) is 32.6 Å². The lowest BCUT2D eigenvalue weighted by Gasteiger charge is -2.56. The standard InChI is InChI=1S/C20H33NO5P2/c1-19-15(12-13-24-28(4,5)6)17(22)21-20(19,18(23)25-19)16(26-27(2)3)14-10-8-7-9-11-14/h8,10,14-16H,7,9,11-13H2,1-6H3/p+1/t14-,15+,16-,19+,20+/m1/s1. The van der Waals surface area contributed by atoms with Crippen molar-refractivity contribution in [2.24, 2.45) is 11.8 Å². The number of allylic oxidation sites excluding steroid dienone is 1. The van der Waals surface area contributed by atoms with E-state index in [0.717, 1.165) is 19.3 Å². The molecule has 2 saturated heterocycles. The molecule has 2 heterocycles. The molecule has 158 valence electrons. The number of hydrogen-bond acceptors (Lipinski definition) is 5. The summed E-state index contributed by atoms with van der Waals surface area (Å²) in [5, 5.41) is 3.05. The fourth-order valence-corrected chi connectivity index (χ4v) is 6.10. The number of ether oxygens (including phenoxy) is 1. The first kappa shape index (κ1) is 22.2. The largest absolute Gasteiger partial charge is 0.453 e. The van der Waals surface area contributed by atoms with Crippen LogP contribution in [0.15, 0.2) is 12.2 Å². The molecule has 2 aliphatic heterocycles. The number of carbonyl (C=O) groups excluding carboxylic acids is 2. The van der Waals surface area contributed by atoms with Crippen molar-refractivity contribution in [3.8, 4) is 0 Å². The van der Waals surface area contributed by atoms with E-state index in [1.54, 1.807) is 0 Å². The molecule has 3 aliphatic rings. The third-order valence-electron chi connectivity index (χ3n) is 6.03. The number of nitrogens with one attached hydrogen (secondary N) is 1. The Hall–Kier alpha value is -0.540. The molecule has 8 heteroatoms. The molecular weight excluding hydrogens is 396 g/mol. The maximum absolute atomic E-state index is 13.0. The second kappa shape index (κ2) is 7.95. The summed E-state index contributed by atoms with van der Waals surface area (Å²) in [5.41, 5.74) is -2.01. The molecule has 0 aromatic carbocycles. The summed E-state index contributed by atoms with van der Waals surface area (Å²) in [5.74, 6) is -0.818. The summed E-state index contributed by atoms with van der Waals surface area (Å²) >= 11 is 0. The Balaban J connectivity index is 1.88. The molecule has 1 N–H and O–H groups in total. The van der Waals surface area contributed by atoms with Crippen molar-refractivity contribution in [3.05, 3.63) is 12.2 Å². The molecule has 0 spiro atoms. The molecule has 0 saturated carbocycles. The van der Waals surface area contributed by atoms with Crippen LogP contribution >= 0.6 is 15.6 Å². The maximum atomic E-state index is 13.0. The lowest BCUT2D eigenvalue weighted by atomic mass is 9.64. The molecule has 1 amide bonds. The van der Waals surface area contributed by atoms with Crippen LogP contribution in [0.4, 0.5) is 0 Å². The highest BCUT2D eigenvalue weighted by Crippen LogP contribution is 2.56. The number of hydrogen-bond donors (Lipinski definition) is 1. The number of rotatable bonds is 8. The maximum Gasteiger partial charge on any atom is 0.339 e. The van der Waals surface area contributed by atoms with Crippen molar-refractivity contribution >= 4 is 27.5 Å². The van der Waals surface area contributed by atoms with Crippen LogP contribution in [0, 0.1) is 11.8 Å². The van der Waals surface area contributed by atoms with Gasteiger partial charge in [-0.25, -0.2) is 9.32 Å². The number of esters is 1. The van der Waals surface area contributed by atoms with Crippen molar-refractivity contribution in [1.29, 1.82) is 0 Å². The van der Waals surface area contributed by atoms with E-state index in [0.29, 0.717) is 13.0 Å². The van der Waals surface area contributed by atoms with Crippen LogP contribution in [0.2, 0.25) is 0 Å². The zero-order valence-electron chi connectivity index (χ0n) is 17.9. The molecule has 0 aromatic heterocycles. The van der Waals surface area contributed by atoms with E-state index in [9.17, 15) is 9.59 Å². The van der Waals surface area contributed by atoms with Crippen molar-refractivity contribution in [2.75, 3.05) is 39.9 Å². The van der Waals surface area contributed by atoms with Crippen molar-refractivity contribution < 1.29 is 23.4 Å². The molecule has 0 unspecified atom stereocenters. The summed E-state index contributed by atoms with van der Waals surface area (Å²) in [6.07, 6.45) is 7.51. The Morgan fingerprint density at radius 3 is 2.61 bits per heavy atom. The van der Waals surface area contributed by atoms with Crippen LogP contribution in [0.5, 0.6) is 0 Å². The third-order valence-corrected chi connectivity index (χ3v) is 7.63. The second-order valence-electron chi connectivity index (χ2n) is 9.22. The van der Waals surface area contributed by atoms with E-state index in [1.807, 2.05) is 20.3 Å². The van der Waals surface area contributed by atoms with Gasteiger partial charge >= 0.3 is 5.97 Å². The molecule has 2 fully saturated rings. The second-order valence-corrected chi connectivity index (χ2v) is 15.1. The fraction of sp³-hybridized carbons (Fsp3) is 0.800. The van der Waals surface area contributed by atoms with E-state index < -0.39 is 38.8 Å². The number of carbonyl (C=O) groups is 2. The minimum Gasteiger partial charge on any atom is -0.453 e. The predicted molar refractivity (Wildman–Crippen MR) is 114 cm³/mol. The molecule has 1 aliphatic carbocycles. The summed E-state index contributed by atoms with van der Waals surface area (Å²) < 4.78 is 18.0. The molecule has 3 rings (SSSR count). The van der Waals surface area contributed by atoms with Gasteiger partial charge in [0.2, 0.25) is 11.4 Å². The third kappa shape index (κ3) is 3.78. The van der Waals surface area contributed by atoms with E-state index in [2.05, 4.69) is 37.5 Å². The zero-order valence-corrected chi connectivity index (χ0v) is 19.6. The monoisotopic (exact) mass is 430 g/mol. The lowest BCUT2D eigenvalue weighted by Crippen LogP contribution is -2.80. The molecule has 0 aromatic rings. The van der Waals surface area contributed by atoms with Crippen LogP contribution < -0.4 is 5.32 Å². The van der Waals surface area contributed by atoms with Crippen molar-refractivity contribution in [1.82, 2.24) is 5.32 Å². The van der Waals surface area contributed by atoms with Gasteiger partial charge in [-0.05, 0) is 45.9 Å². The Labute approximate surface area is 170 Å². The molecular formula is C20H34NO5P2+. The SMILES string of the molecule is CP(C)O[C@H]([C@@H]1C=CCCC1)[C@@]12NC(=O)[C@H](CCO[P+](C)(C)C)[C@]1(C)OC2=O. The van der Waals surface area contributed by atoms with E-state index in [-0.39, 0.29) is 17.8 Å². The topological polar surface area (TPSA) is 73.9 Å². The minimum atomic E-state index is -1.39. The van der Waals surface area contributed by atoms with Gasteiger partial charge in [0.25, 0.3) is 0 Å². The number of fused-ring (bicyclic) bond motifs is 1. The smallest absolute Gasteiger partial charge is 0.339 e. The van der Waals surface area contributed by atoms with Gasteiger partial charge in [0.05, 0.1) is 32.5 Å². The highest BCUT2D eigenvalue weighted by molar-refractivity contribution is 7.69. The van der Waals surface area contributed by atoms with Crippen molar-refractivity contribution in [2.45, 2.75) is 49.9 Å². The first-order chi connectivity index (χ1) is 13.0. The minimum absolute atomic E-state index is 0.0987. The van der Waals surface area contributed by atoms with Gasteiger partial charge in [-0.3, -0.25) is 4.79 Å². The Morgan fingerprint density at radius 2 is 2.07 bits per heavy atom. The zero-order chi connectivity index (χ0) is 20.7. The molecule has 0 radical (unpaired) electrons. The fourth-order valence-electron chi connectivity index (χ4n) is 4.68. The highest BCUT2D eigenvalue weighted by Gasteiger charge is 2.80. The average molecular weight is 430 g/mol. The predicted octanol–water partition coefficient (Wildman–Crippen LogP) is 3.41. The normalized spacial score (nSPS) is 36.0. The van der Waals surface area contributed by atoms with E-state index in [1.165, 1.54) is 0 Å². The molecule has 6 nitrogen and oxygen atoms in total. The summed E-state index contributed by atoms with van der Waals surface area (Å²) in [7, 11) is -2.10. The Morgan fingerprint density at radius 1 is 1.36 bits per heavy atom.